The monoisotopic (exact) mass is 389 g/mol. The van der Waals surface area contributed by atoms with Crippen molar-refractivity contribution in [3.63, 3.8) is 0 Å². The quantitative estimate of drug-likeness (QED) is 0.679. The van der Waals surface area contributed by atoms with Gasteiger partial charge in [-0.3, -0.25) is 4.79 Å². The molecule has 2 rings (SSSR count). The summed E-state index contributed by atoms with van der Waals surface area (Å²) in [7, 11) is 5.99. The number of methoxy groups -OCH3 is 4. The summed E-state index contributed by atoms with van der Waals surface area (Å²) >= 11 is 0. The molecule has 0 atom stereocenters. The highest BCUT2D eigenvalue weighted by Gasteiger charge is 2.16. The van der Waals surface area contributed by atoms with E-state index in [4.69, 9.17) is 18.9 Å². The molecule has 0 saturated carbocycles. The topological polar surface area (TPSA) is 103 Å². The third-order valence-electron chi connectivity index (χ3n) is 4.10. The van der Waals surface area contributed by atoms with Gasteiger partial charge in [0.25, 0.3) is 0 Å². The second kappa shape index (κ2) is 9.50. The summed E-state index contributed by atoms with van der Waals surface area (Å²) in [6, 6.07) is 7.98. The van der Waals surface area contributed by atoms with Gasteiger partial charge in [-0.15, -0.1) is 0 Å². The molecule has 0 saturated heterocycles. The molecule has 8 heteroatoms. The predicted octanol–water partition coefficient (Wildman–Crippen LogP) is 2.99. The molecule has 1 amide bonds. The fourth-order valence-corrected chi connectivity index (χ4v) is 2.69. The number of nitrogens with one attached hydrogen (secondary N) is 1. The van der Waals surface area contributed by atoms with Crippen molar-refractivity contribution < 1.29 is 33.6 Å². The molecule has 0 aromatic heterocycles. The Balaban J connectivity index is 2.12. The fraction of sp³-hybridized carbons (Fsp3) is 0.300. The van der Waals surface area contributed by atoms with Crippen LogP contribution in [-0.4, -0.2) is 45.4 Å². The molecule has 8 nitrogen and oxygen atoms in total. The zero-order valence-electron chi connectivity index (χ0n) is 16.2. The SMILES string of the molecule is COc1ccc(NC(=O)CCc2cc(OC)c(OC)c(OC)c2)c(C(=O)O)c1. The van der Waals surface area contributed by atoms with E-state index < -0.39 is 5.97 Å². The van der Waals surface area contributed by atoms with E-state index in [-0.39, 0.29) is 23.6 Å². The average Bonchev–Trinajstić information content (AvgIpc) is 2.71. The van der Waals surface area contributed by atoms with E-state index in [0.717, 1.165) is 5.56 Å². The molecule has 0 heterocycles. The van der Waals surface area contributed by atoms with Gasteiger partial charge < -0.3 is 29.4 Å². The van der Waals surface area contributed by atoms with Gasteiger partial charge in [-0.1, -0.05) is 0 Å². The van der Waals surface area contributed by atoms with Gasteiger partial charge in [0.2, 0.25) is 11.7 Å². The number of hydrogen-bond acceptors (Lipinski definition) is 6. The molecule has 0 unspecified atom stereocenters. The number of ether oxygens (including phenoxy) is 4. The van der Waals surface area contributed by atoms with Crippen molar-refractivity contribution in [1.82, 2.24) is 0 Å². The number of aryl methyl sites for hydroxylation is 1. The van der Waals surface area contributed by atoms with Gasteiger partial charge in [0.15, 0.2) is 11.5 Å². The molecule has 28 heavy (non-hydrogen) atoms. The first-order valence-corrected chi connectivity index (χ1v) is 8.43. The summed E-state index contributed by atoms with van der Waals surface area (Å²) in [5.74, 6) is 0.400. The van der Waals surface area contributed by atoms with E-state index in [0.29, 0.717) is 29.4 Å². The predicted molar refractivity (Wildman–Crippen MR) is 103 cm³/mol. The van der Waals surface area contributed by atoms with Crippen molar-refractivity contribution in [3.05, 3.63) is 41.5 Å². The summed E-state index contributed by atoms with van der Waals surface area (Å²) in [5, 5.41) is 12.0. The van der Waals surface area contributed by atoms with Gasteiger partial charge >= 0.3 is 5.97 Å². The van der Waals surface area contributed by atoms with Crippen molar-refractivity contribution in [1.29, 1.82) is 0 Å². The van der Waals surface area contributed by atoms with E-state index in [1.165, 1.54) is 40.6 Å². The van der Waals surface area contributed by atoms with Crippen LogP contribution in [0.5, 0.6) is 23.0 Å². The molecule has 0 aliphatic heterocycles. The Hall–Kier alpha value is -3.42. The number of carbonyl (C=O) groups is 2. The zero-order valence-corrected chi connectivity index (χ0v) is 16.2. The number of carbonyl (C=O) groups excluding carboxylic acids is 1. The van der Waals surface area contributed by atoms with Crippen LogP contribution < -0.4 is 24.3 Å². The molecule has 150 valence electrons. The van der Waals surface area contributed by atoms with Crippen molar-refractivity contribution in [2.45, 2.75) is 12.8 Å². The summed E-state index contributed by atoms with van der Waals surface area (Å²) in [6.07, 6.45) is 0.546. The van der Waals surface area contributed by atoms with E-state index >= 15 is 0 Å². The first-order chi connectivity index (χ1) is 13.4. The molecule has 2 N–H and O–H groups in total. The molecule has 0 spiro atoms. The second-order valence-corrected chi connectivity index (χ2v) is 5.80. The van der Waals surface area contributed by atoms with Gasteiger partial charge in [0.05, 0.1) is 39.7 Å². The maximum Gasteiger partial charge on any atom is 0.337 e. The molecule has 0 radical (unpaired) electrons. The number of benzene rings is 2. The zero-order chi connectivity index (χ0) is 20.7. The lowest BCUT2D eigenvalue weighted by Gasteiger charge is -2.14. The Bertz CT molecular complexity index is 839. The van der Waals surface area contributed by atoms with Gasteiger partial charge in [0, 0.05) is 6.42 Å². The van der Waals surface area contributed by atoms with Crippen LogP contribution in [-0.2, 0) is 11.2 Å². The number of rotatable bonds is 9. The second-order valence-electron chi connectivity index (χ2n) is 5.80. The molecule has 0 fully saturated rings. The average molecular weight is 389 g/mol. The van der Waals surface area contributed by atoms with Crippen LogP contribution in [0.15, 0.2) is 30.3 Å². The maximum absolute atomic E-state index is 12.3. The molecular weight excluding hydrogens is 366 g/mol. The Morgan fingerprint density at radius 3 is 2.07 bits per heavy atom. The number of aromatic carboxylic acids is 1. The van der Waals surface area contributed by atoms with Crippen molar-refractivity contribution in [3.8, 4) is 23.0 Å². The summed E-state index contributed by atoms with van der Waals surface area (Å²) in [4.78, 5) is 23.7. The van der Waals surface area contributed by atoms with Crippen LogP contribution in [0.3, 0.4) is 0 Å². The van der Waals surface area contributed by atoms with Crippen LogP contribution in [0.2, 0.25) is 0 Å². The van der Waals surface area contributed by atoms with Crippen LogP contribution in [0.25, 0.3) is 0 Å². The summed E-state index contributed by atoms with van der Waals surface area (Å²) in [5.41, 5.74) is 0.988. The number of anilines is 1. The van der Waals surface area contributed by atoms with E-state index in [9.17, 15) is 14.7 Å². The fourth-order valence-electron chi connectivity index (χ4n) is 2.69. The molecule has 2 aromatic carbocycles. The van der Waals surface area contributed by atoms with Gasteiger partial charge in [-0.2, -0.15) is 0 Å². The summed E-state index contributed by atoms with van der Waals surface area (Å²) < 4.78 is 20.9. The van der Waals surface area contributed by atoms with Crippen LogP contribution >= 0.6 is 0 Å². The van der Waals surface area contributed by atoms with Crippen LogP contribution in [0, 0.1) is 0 Å². The highest BCUT2D eigenvalue weighted by molar-refractivity contribution is 6.00. The molecular formula is C20H23NO7. The van der Waals surface area contributed by atoms with Gasteiger partial charge in [-0.05, 0) is 42.3 Å². The number of carboxylic acid groups (broad SMARTS) is 1. The van der Waals surface area contributed by atoms with Gasteiger partial charge in [-0.25, -0.2) is 4.79 Å². The lowest BCUT2D eigenvalue weighted by molar-refractivity contribution is -0.116. The van der Waals surface area contributed by atoms with Crippen molar-refractivity contribution in [2.24, 2.45) is 0 Å². The van der Waals surface area contributed by atoms with E-state index in [1.807, 2.05) is 0 Å². The third-order valence-corrected chi connectivity index (χ3v) is 4.10. The lowest BCUT2D eigenvalue weighted by Crippen LogP contribution is -2.15. The maximum atomic E-state index is 12.3. The molecule has 0 bridgehead atoms. The highest BCUT2D eigenvalue weighted by atomic mass is 16.5. The summed E-state index contributed by atoms with van der Waals surface area (Å²) in [6.45, 7) is 0. The van der Waals surface area contributed by atoms with E-state index in [1.54, 1.807) is 18.2 Å². The van der Waals surface area contributed by atoms with Crippen LogP contribution in [0.4, 0.5) is 5.69 Å². The third kappa shape index (κ3) is 4.85. The Labute approximate surface area is 163 Å². The Morgan fingerprint density at radius 2 is 1.57 bits per heavy atom. The largest absolute Gasteiger partial charge is 0.497 e. The Morgan fingerprint density at radius 1 is 0.929 bits per heavy atom. The normalized spacial score (nSPS) is 10.1. The minimum atomic E-state index is -1.15. The number of amides is 1. The highest BCUT2D eigenvalue weighted by Crippen LogP contribution is 2.38. The number of carboxylic acids is 1. The first-order valence-electron chi connectivity index (χ1n) is 8.43. The van der Waals surface area contributed by atoms with Gasteiger partial charge in [0.1, 0.15) is 5.75 Å². The smallest absolute Gasteiger partial charge is 0.337 e. The Kier molecular flexibility index (Phi) is 7.08. The van der Waals surface area contributed by atoms with Crippen LogP contribution in [0.1, 0.15) is 22.3 Å². The van der Waals surface area contributed by atoms with Crippen molar-refractivity contribution >= 4 is 17.6 Å². The minimum Gasteiger partial charge on any atom is -0.497 e. The lowest BCUT2D eigenvalue weighted by atomic mass is 10.1. The van der Waals surface area contributed by atoms with E-state index in [2.05, 4.69) is 5.32 Å². The molecule has 0 aliphatic rings. The molecule has 2 aromatic rings. The number of hydrogen-bond donors (Lipinski definition) is 2. The van der Waals surface area contributed by atoms with Crippen molar-refractivity contribution in [2.75, 3.05) is 33.8 Å². The molecule has 0 aliphatic carbocycles. The minimum absolute atomic E-state index is 0.0412. The standard InChI is InChI=1S/C20H23NO7/c1-25-13-6-7-15(14(11-13)20(23)24)21-18(22)8-5-12-9-16(26-2)19(28-4)17(10-12)27-3/h6-7,9-11H,5,8H2,1-4H3,(H,21,22)(H,23,24). The first kappa shape index (κ1) is 20.9.